The molecule has 0 spiro atoms. The van der Waals surface area contributed by atoms with Gasteiger partial charge < -0.3 is 20.3 Å². The lowest BCUT2D eigenvalue weighted by molar-refractivity contribution is -0.133. The van der Waals surface area contributed by atoms with E-state index in [1.165, 1.54) is 0 Å². The van der Waals surface area contributed by atoms with Gasteiger partial charge in [-0.15, -0.1) is 0 Å². The Morgan fingerprint density at radius 2 is 2.00 bits per heavy atom. The number of likely N-dealkylation sites (tertiary alicyclic amines) is 1. The molecule has 2 aromatic heterocycles. The summed E-state index contributed by atoms with van der Waals surface area (Å²) in [5, 5.41) is 10.8. The lowest BCUT2D eigenvalue weighted by atomic mass is 10.0. The van der Waals surface area contributed by atoms with Gasteiger partial charge in [-0.25, -0.2) is 13.2 Å². The van der Waals surface area contributed by atoms with Crippen molar-refractivity contribution in [2.45, 2.75) is 37.8 Å². The predicted octanol–water partition coefficient (Wildman–Crippen LogP) is 2.87. The minimum atomic E-state index is -1.27. The van der Waals surface area contributed by atoms with E-state index in [0.717, 1.165) is 12.5 Å². The molecule has 34 heavy (non-hydrogen) atoms. The first-order valence-electron chi connectivity index (χ1n) is 10.3. The molecule has 0 aliphatic carbocycles. The number of carboxylic acid groups (broad SMARTS) is 1. The zero-order valence-electron chi connectivity index (χ0n) is 17.9. The zero-order chi connectivity index (χ0) is 24.7. The van der Waals surface area contributed by atoms with Crippen LogP contribution in [0.3, 0.4) is 0 Å². The van der Waals surface area contributed by atoms with Crippen molar-refractivity contribution < 1.29 is 32.4 Å². The van der Waals surface area contributed by atoms with Crippen LogP contribution in [0.2, 0.25) is 0 Å². The van der Waals surface area contributed by atoms with Gasteiger partial charge in [0.1, 0.15) is 17.6 Å². The van der Waals surface area contributed by atoms with Crippen LogP contribution < -0.4 is 5.73 Å². The molecule has 4 rings (SSSR count). The van der Waals surface area contributed by atoms with Crippen molar-refractivity contribution >= 4 is 12.4 Å². The molecule has 3 heterocycles. The number of rotatable bonds is 6. The van der Waals surface area contributed by atoms with Crippen molar-refractivity contribution in [1.29, 1.82) is 0 Å². The number of amides is 1. The van der Waals surface area contributed by atoms with Gasteiger partial charge in [0.05, 0.1) is 0 Å². The normalized spacial score (nSPS) is 16.0. The van der Waals surface area contributed by atoms with Crippen LogP contribution in [-0.2, 0) is 16.0 Å². The Morgan fingerprint density at radius 1 is 1.26 bits per heavy atom. The van der Waals surface area contributed by atoms with Crippen molar-refractivity contribution in [3.8, 4) is 11.5 Å². The molecule has 12 heteroatoms. The number of aromatic nitrogens is 3. The number of carbonyl (C=O) groups is 2. The number of carbonyl (C=O) groups excluding carboxylic acids is 1. The molecule has 1 saturated heterocycles. The standard InChI is InChI=1S/C21H20F3N5O2.CH2O2/c22-14-11-16(24)15(23)9-12(14)8-13(25)10-19(30)29-7-3-5-18(29)21-27-20(28-31-21)17-4-1-2-6-26-17;2-1-3/h1-2,4,6,9,11,13,18H,3,5,7-8,10,25H2;1H,(H,2,3)/t13-,18+;/m1./s1. The van der Waals surface area contributed by atoms with E-state index in [0.29, 0.717) is 36.4 Å². The van der Waals surface area contributed by atoms with E-state index >= 15 is 0 Å². The van der Waals surface area contributed by atoms with E-state index in [1.807, 2.05) is 0 Å². The van der Waals surface area contributed by atoms with Gasteiger partial charge >= 0.3 is 0 Å². The number of benzene rings is 1. The van der Waals surface area contributed by atoms with Crippen molar-refractivity contribution in [2.75, 3.05) is 6.54 Å². The Morgan fingerprint density at radius 3 is 2.71 bits per heavy atom. The summed E-state index contributed by atoms with van der Waals surface area (Å²) in [6.45, 7) is 0.247. The Balaban J connectivity index is 0.00000103. The first kappa shape index (κ1) is 24.8. The summed E-state index contributed by atoms with van der Waals surface area (Å²) in [6, 6.07) is 5.43. The van der Waals surface area contributed by atoms with Gasteiger partial charge in [0, 0.05) is 31.3 Å². The van der Waals surface area contributed by atoms with Crippen LogP contribution in [0.4, 0.5) is 13.2 Å². The molecule has 1 aliphatic rings. The minimum Gasteiger partial charge on any atom is -0.483 e. The monoisotopic (exact) mass is 477 g/mol. The molecular formula is C22H22F3N5O4. The van der Waals surface area contributed by atoms with Gasteiger partial charge in [0.2, 0.25) is 17.6 Å². The molecule has 0 bridgehead atoms. The lowest BCUT2D eigenvalue weighted by Crippen LogP contribution is -2.36. The number of pyridine rings is 1. The lowest BCUT2D eigenvalue weighted by Gasteiger charge is -2.23. The zero-order valence-corrected chi connectivity index (χ0v) is 17.9. The fraction of sp³-hybridized carbons (Fsp3) is 0.318. The molecule has 180 valence electrons. The largest absolute Gasteiger partial charge is 0.483 e. The first-order valence-corrected chi connectivity index (χ1v) is 10.3. The second-order valence-corrected chi connectivity index (χ2v) is 7.55. The summed E-state index contributed by atoms with van der Waals surface area (Å²) in [6.07, 6.45) is 2.84. The van der Waals surface area contributed by atoms with E-state index < -0.39 is 23.5 Å². The third-order valence-corrected chi connectivity index (χ3v) is 5.20. The Hall–Kier alpha value is -3.80. The number of nitrogens with two attached hydrogens (primary N) is 1. The Bertz CT molecular complexity index is 1130. The molecule has 0 saturated carbocycles. The van der Waals surface area contributed by atoms with Gasteiger partial charge in [0.15, 0.2) is 11.6 Å². The maximum Gasteiger partial charge on any atom is 0.290 e. The quantitative estimate of drug-likeness (QED) is 0.409. The van der Waals surface area contributed by atoms with Crippen LogP contribution in [-0.4, -0.2) is 50.1 Å². The van der Waals surface area contributed by atoms with Crippen LogP contribution >= 0.6 is 0 Å². The molecule has 9 nitrogen and oxygen atoms in total. The van der Waals surface area contributed by atoms with Crippen LogP contribution in [0.1, 0.15) is 36.8 Å². The topological polar surface area (TPSA) is 135 Å². The van der Waals surface area contributed by atoms with E-state index in [9.17, 15) is 18.0 Å². The van der Waals surface area contributed by atoms with Crippen molar-refractivity contribution in [3.05, 3.63) is 65.4 Å². The maximum atomic E-state index is 13.9. The fourth-order valence-electron chi connectivity index (χ4n) is 3.71. The third kappa shape index (κ3) is 5.95. The Labute approximate surface area is 192 Å². The van der Waals surface area contributed by atoms with E-state index in [2.05, 4.69) is 15.1 Å². The van der Waals surface area contributed by atoms with Gasteiger partial charge in [-0.1, -0.05) is 11.2 Å². The minimum absolute atomic E-state index is 0.0749. The third-order valence-electron chi connectivity index (χ3n) is 5.20. The summed E-state index contributed by atoms with van der Waals surface area (Å²) in [5.74, 6) is -2.93. The molecule has 1 aromatic carbocycles. The first-order chi connectivity index (χ1) is 16.3. The molecule has 3 N–H and O–H groups in total. The average molecular weight is 477 g/mol. The number of hydrogen-bond donors (Lipinski definition) is 2. The van der Waals surface area contributed by atoms with Gasteiger partial charge in [-0.05, 0) is 43.0 Å². The molecule has 1 fully saturated rings. The number of halogens is 3. The SMILES string of the molecule is N[C@@H](CC(=O)N1CCC[C@H]1c1nc(-c2ccccn2)no1)Cc1cc(F)c(F)cc1F.O=CO. The van der Waals surface area contributed by atoms with Crippen molar-refractivity contribution in [3.63, 3.8) is 0 Å². The second kappa shape index (κ2) is 11.4. The molecule has 0 unspecified atom stereocenters. The highest BCUT2D eigenvalue weighted by atomic mass is 19.2. The summed E-state index contributed by atoms with van der Waals surface area (Å²) < 4.78 is 45.7. The Kier molecular flexibility index (Phi) is 8.30. The molecule has 3 aromatic rings. The number of nitrogens with zero attached hydrogens (tertiary/aromatic N) is 4. The maximum absolute atomic E-state index is 13.9. The van der Waals surface area contributed by atoms with Gasteiger partial charge in [0.25, 0.3) is 6.47 Å². The van der Waals surface area contributed by atoms with Crippen molar-refractivity contribution in [2.24, 2.45) is 5.73 Å². The summed E-state index contributed by atoms with van der Waals surface area (Å²) in [4.78, 5) is 31.4. The van der Waals surface area contributed by atoms with E-state index in [-0.39, 0.29) is 36.8 Å². The van der Waals surface area contributed by atoms with Crippen LogP contribution in [0.5, 0.6) is 0 Å². The summed E-state index contributed by atoms with van der Waals surface area (Å²) in [5.41, 5.74) is 6.49. The van der Waals surface area contributed by atoms with Crippen LogP contribution in [0.25, 0.3) is 11.5 Å². The molecule has 2 atom stereocenters. The summed E-state index contributed by atoms with van der Waals surface area (Å²) in [7, 11) is 0. The van der Waals surface area contributed by atoms with Gasteiger partial charge in [-0.3, -0.25) is 14.6 Å². The highest BCUT2D eigenvalue weighted by Gasteiger charge is 2.34. The fourth-order valence-corrected chi connectivity index (χ4v) is 3.71. The highest BCUT2D eigenvalue weighted by molar-refractivity contribution is 5.77. The molecule has 0 radical (unpaired) electrons. The van der Waals surface area contributed by atoms with Crippen LogP contribution in [0.15, 0.2) is 41.1 Å². The smallest absolute Gasteiger partial charge is 0.290 e. The molecular weight excluding hydrogens is 455 g/mol. The predicted molar refractivity (Wildman–Crippen MR) is 113 cm³/mol. The average Bonchev–Trinajstić information content (AvgIpc) is 3.48. The van der Waals surface area contributed by atoms with E-state index in [1.54, 1.807) is 29.3 Å². The van der Waals surface area contributed by atoms with Crippen LogP contribution in [0, 0.1) is 17.5 Å². The highest BCUT2D eigenvalue weighted by Crippen LogP contribution is 2.32. The summed E-state index contributed by atoms with van der Waals surface area (Å²) >= 11 is 0. The second-order valence-electron chi connectivity index (χ2n) is 7.55. The van der Waals surface area contributed by atoms with Gasteiger partial charge in [-0.2, -0.15) is 4.98 Å². The van der Waals surface area contributed by atoms with Crippen molar-refractivity contribution in [1.82, 2.24) is 20.0 Å². The molecule has 1 amide bonds. The molecule has 1 aliphatic heterocycles. The number of hydrogen-bond acceptors (Lipinski definition) is 7. The van der Waals surface area contributed by atoms with E-state index in [4.69, 9.17) is 20.2 Å².